The number of hydrogen-bond acceptors (Lipinski definition) is 3. The molecule has 6 nitrogen and oxygen atoms in total. The van der Waals surface area contributed by atoms with E-state index in [0.717, 1.165) is 30.6 Å². The summed E-state index contributed by atoms with van der Waals surface area (Å²) in [6, 6.07) is 8.03. The van der Waals surface area contributed by atoms with E-state index in [2.05, 4.69) is 16.0 Å². The molecular formula is C20H29N3O3. The fourth-order valence-corrected chi connectivity index (χ4v) is 3.69. The van der Waals surface area contributed by atoms with Crippen LogP contribution < -0.4 is 20.7 Å². The van der Waals surface area contributed by atoms with E-state index in [4.69, 9.17) is 4.74 Å². The largest absolute Gasteiger partial charge is 0.493 e. The summed E-state index contributed by atoms with van der Waals surface area (Å²) in [4.78, 5) is 24.1. The van der Waals surface area contributed by atoms with Crippen molar-refractivity contribution < 1.29 is 14.3 Å². The Hall–Kier alpha value is -2.24. The predicted octanol–water partition coefficient (Wildman–Crippen LogP) is 3.04. The number of benzene rings is 1. The highest BCUT2D eigenvalue weighted by atomic mass is 16.5. The van der Waals surface area contributed by atoms with Gasteiger partial charge in [-0.3, -0.25) is 4.79 Å². The summed E-state index contributed by atoms with van der Waals surface area (Å²) in [5.41, 5.74) is 1.04. The second-order valence-corrected chi connectivity index (χ2v) is 7.13. The van der Waals surface area contributed by atoms with Gasteiger partial charge in [0.1, 0.15) is 5.75 Å². The minimum Gasteiger partial charge on any atom is -0.493 e. The van der Waals surface area contributed by atoms with Gasteiger partial charge in [-0.2, -0.15) is 0 Å². The molecule has 0 aromatic heterocycles. The molecule has 1 unspecified atom stereocenters. The Balaban J connectivity index is 1.33. The molecule has 1 fully saturated rings. The van der Waals surface area contributed by atoms with Gasteiger partial charge in [0.25, 0.3) is 0 Å². The van der Waals surface area contributed by atoms with E-state index >= 15 is 0 Å². The van der Waals surface area contributed by atoms with Crippen LogP contribution in [0.15, 0.2) is 24.3 Å². The van der Waals surface area contributed by atoms with E-state index in [1.165, 1.54) is 19.3 Å². The van der Waals surface area contributed by atoms with Crippen molar-refractivity contribution >= 4 is 11.9 Å². The van der Waals surface area contributed by atoms with Crippen LogP contribution in [-0.4, -0.2) is 31.1 Å². The van der Waals surface area contributed by atoms with Crippen molar-refractivity contribution in [1.29, 1.82) is 0 Å². The molecule has 3 rings (SSSR count). The van der Waals surface area contributed by atoms with Gasteiger partial charge in [-0.1, -0.05) is 37.5 Å². The highest BCUT2D eigenvalue weighted by Crippen LogP contribution is 2.31. The number of rotatable bonds is 6. The van der Waals surface area contributed by atoms with Crippen LogP contribution in [0.1, 0.15) is 63.0 Å². The first-order chi connectivity index (χ1) is 12.7. The molecule has 0 saturated heterocycles. The first kappa shape index (κ1) is 18.5. The standard InChI is InChI=1S/C20H29N3O3/c24-19(23-17-12-14-26-18-10-5-4-9-16(17)18)11-6-13-21-20(25)22-15-7-2-1-3-8-15/h4-5,9-10,15,17H,1-3,6-8,11-14H2,(H,23,24)(H2,21,22,25). The van der Waals surface area contributed by atoms with Crippen molar-refractivity contribution in [2.24, 2.45) is 0 Å². The van der Waals surface area contributed by atoms with Crippen LogP contribution in [0, 0.1) is 0 Å². The van der Waals surface area contributed by atoms with Gasteiger partial charge in [0.15, 0.2) is 0 Å². The fraction of sp³-hybridized carbons (Fsp3) is 0.600. The number of ether oxygens (including phenoxy) is 1. The lowest BCUT2D eigenvalue weighted by Gasteiger charge is -2.26. The molecule has 0 radical (unpaired) electrons. The summed E-state index contributed by atoms with van der Waals surface area (Å²) in [7, 11) is 0. The second kappa shape index (κ2) is 9.46. The first-order valence-electron chi connectivity index (χ1n) is 9.78. The Morgan fingerprint density at radius 1 is 1.04 bits per heavy atom. The Morgan fingerprint density at radius 2 is 1.85 bits per heavy atom. The van der Waals surface area contributed by atoms with Gasteiger partial charge in [-0.25, -0.2) is 4.79 Å². The molecule has 3 amide bonds. The molecule has 6 heteroatoms. The van der Waals surface area contributed by atoms with Crippen LogP contribution in [0.2, 0.25) is 0 Å². The van der Waals surface area contributed by atoms with Gasteiger partial charge in [0.2, 0.25) is 5.91 Å². The van der Waals surface area contributed by atoms with Gasteiger partial charge in [-0.15, -0.1) is 0 Å². The molecule has 142 valence electrons. The maximum atomic E-state index is 12.2. The lowest BCUT2D eigenvalue weighted by atomic mass is 9.96. The Morgan fingerprint density at radius 3 is 2.69 bits per heavy atom. The van der Waals surface area contributed by atoms with Crippen LogP contribution in [0.5, 0.6) is 5.75 Å². The monoisotopic (exact) mass is 359 g/mol. The number of carbonyl (C=O) groups excluding carboxylic acids is 2. The lowest BCUT2D eigenvalue weighted by molar-refractivity contribution is -0.122. The number of para-hydroxylation sites is 1. The van der Waals surface area contributed by atoms with Crippen LogP contribution in [-0.2, 0) is 4.79 Å². The topological polar surface area (TPSA) is 79.5 Å². The third-order valence-corrected chi connectivity index (χ3v) is 5.10. The Kier molecular flexibility index (Phi) is 6.75. The summed E-state index contributed by atoms with van der Waals surface area (Å²) in [5.74, 6) is 0.867. The molecule has 1 aromatic rings. The van der Waals surface area contributed by atoms with Crippen molar-refractivity contribution in [2.45, 2.75) is 63.5 Å². The zero-order valence-electron chi connectivity index (χ0n) is 15.3. The smallest absolute Gasteiger partial charge is 0.315 e. The lowest BCUT2D eigenvalue weighted by Crippen LogP contribution is -2.43. The van der Waals surface area contributed by atoms with Crippen LogP contribution in [0.25, 0.3) is 0 Å². The van der Waals surface area contributed by atoms with Crippen molar-refractivity contribution in [3.63, 3.8) is 0 Å². The van der Waals surface area contributed by atoms with E-state index in [1.807, 2.05) is 24.3 Å². The highest BCUT2D eigenvalue weighted by molar-refractivity contribution is 5.77. The molecule has 3 N–H and O–H groups in total. The van der Waals surface area contributed by atoms with Crippen LogP contribution in [0.4, 0.5) is 4.79 Å². The predicted molar refractivity (Wildman–Crippen MR) is 100 cm³/mol. The van der Waals surface area contributed by atoms with Gasteiger partial charge in [0, 0.05) is 31.0 Å². The summed E-state index contributed by atoms with van der Waals surface area (Å²) in [6.07, 6.45) is 7.63. The number of nitrogens with one attached hydrogen (secondary N) is 3. The summed E-state index contributed by atoms with van der Waals surface area (Å²) in [5, 5.41) is 8.96. The van der Waals surface area contributed by atoms with E-state index < -0.39 is 0 Å². The molecule has 1 aliphatic carbocycles. The van der Waals surface area contributed by atoms with Gasteiger partial charge in [-0.05, 0) is 25.3 Å². The van der Waals surface area contributed by atoms with Crippen molar-refractivity contribution in [1.82, 2.24) is 16.0 Å². The number of urea groups is 1. The molecule has 1 heterocycles. The molecule has 1 aliphatic heterocycles. The average molecular weight is 359 g/mol. The quantitative estimate of drug-likeness (QED) is 0.683. The minimum atomic E-state index is -0.115. The zero-order chi connectivity index (χ0) is 18.2. The van der Waals surface area contributed by atoms with Gasteiger partial charge < -0.3 is 20.7 Å². The molecular weight excluding hydrogens is 330 g/mol. The SMILES string of the molecule is O=C(CCCNC(=O)NC1CCCCC1)NC1CCOc2ccccc21. The molecule has 1 aromatic carbocycles. The van der Waals surface area contributed by atoms with Crippen molar-refractivity contribution in [2.75, 3.05) is 13.2 Å². The number of fused-ring (bicyclic) bond motifs is 1. The zero-order valence-corrected chi connectivity index (χ0v) is 15.3. The van der Waals surface area contributed by atoms with Crippen LogP contribution in [0.3, 0.4) is 0 Å². The van der Waals surface area contributed by atoms with E-state index in [9.17, 15) is 9.59 Å². The van der Waals surface area contributed by atoms with E-state index in [-0.39, 0.29) is 18.0 Å². The summed E-state index contributed by atoms with van der Waals surface area (Å²) < 4.78 is 5.62. The van der Waals surface area contributed by atoms with Gasteiger partial charge in [0.05, 0.1) is 12.6 Å². The molecule has 2 aliphatic rings. The normalized spacial score (nSPS) is 19.8. The van der Waals surface area contributed by atoms with Gasteiger partial charge >= 0.3 is 6.03 Å². The first-order valence-corrected chi connectivity index (χ1v) is 9.78. The maximum absolute atomic E-state index is 12.2. The summed E-state index contributed by atoms with van der Waals surface area (Å²) >= 11 is 0. The number of amides is 3. The van der Waals surface area contributed by atoms with Crippen molar-refractivity contribution in [3.05, 3.63) is 29.8 Å². The third kappa shape index (κ3) is 5.38. The third-order valence-electron chi connectivity index (χ3n) is 5.10. The molecule has 26 heavy (non-hydrogen) atoms. The number of carbonyl (C=O) groups is 2. The maximum Gasteiger partial charge on any atom is 0.315 e. The van der Waals surface area contributed by atoms with Crippen molar-refractivity contribution in [3.8, 4) is 5.75 Å². The van der Waals surface area contributed by atoms with Crippen LogP contribution >= 0.6 is 0 Å². The molecule has 0 spiro atoms. The average Bonchev–Trinajstić information content (AvgIpc) is 2.66. The van der Waals surface area contributed by atoms with E-state index in [1.54, 1.807) is 0 Å². The summed E-state index contributed by atoms with van der Waals surface area (Å²) in [6.45, 7) is 1.13. The minimum absolute atomic E-state index is 0.00927. The molecule has 1 saturated carbocycles. The Labute approximate surface area is 155 Å². The Bertz CT molecular complexity index is 614. The number of hydrogen-bond donors (Lipinski definition) is 3. The second-order valence-electron chi connectivity index (χ2n) is 7.13. The van der Waals surface area contributed by atoms with E-state index in [0.29, 0.717) is 32.0 Å². The molecule has 1 atom stereocenters. The molecule has 0 bridgehead atoms. The highest BCUT2D eigenvalue weighted by Gasteiger charge is 2.22. The fourth-order valence-electron chi connectivity index (χ4n) is 3.69.